The van der Waals surface area contributed by atoms with Crippen molar-refractivity contribution in [2.45, 2.75) is 6.42 Å². The van der Waals surface area contributed by atoms with E-state index in [2.05, 4.69) is 5.32 Å². The summed E-state index contributed by atoms with van der Waals surface area (Å²) in [5.74, 6) is -0.166. The number of carbonyl (C=O) groups is 2. The van der Waals surface area contributed by atoms with Crippen molar-refractivity contribution in [1.82, 2.24) is 10.2 Å². The van der Waals surface area contributed by atoms with E-state index in [1.165, 1.54) is 4.90 Å². The van der Waals surface area contributed by atoms with Gasteiger partial charge in [-0.25, -0.2) is 4.79 Å². The Hall–Kier alpha value is -2.04. The van der Waals surface area contributed by atoms with Gasteiger partial charge in [0.25, 0.3) is 0 Å². The molecule has 0 unspecified atom stereocenters. The second-order valence-electron chi connectivity index (χ2n) is 3.70. The fraction of sp³-hybridized carbons (Fsp3) is 0.273. The van der Waals surface area contributed by atoms with Crippen LogP contribution in [0, 0.1) is 0 Å². The van der Waals surface area contributed by atoms with Crippen molar-refractivity contribution < 1.29 is 9.59 Å². The summed E-state index contributed by atoms with van der Waals surface area (Å²) < 4.78 is 0. The second-order valence-corrected chi connectivity index (χ2v) is 3.70. The van der Waals surface area contributed by atoms with Gasteiger partial charge in [0.15, 0.2) is 0 Å². The maximum Gasteiger partial charge on any atom is 0.324 e. The molecular formula is C11H13N3O2. The number of hydrogen-bond acceptors (Lipinski definition) is 3. The van der Waals surface area contributed by atoms with Gasteiger partial charge in [-0.2, -0.15) is 0 Å². The van der Waals surface area contributed by atoms with Crippen LogP contribution < -0.4 is 11.1 Å². The average molecular weight is 219 g/mol. The number of nitrogens with one attached hydrogen (secondary N) is 1. The van der Waals surface area contributed by atoms with Gasteiger partial charge in [-0.1, -0.05) is 12.1 Å². The zero-order valence-corrected chi connectivity index (χ0v) is 8.77. The highest BCUT2D eigenvalue weighted by Gasteiger charge is 2.27. The minimum absolute atomic E-state index is 0.112. The number of urea groups is 1. The van der Waals surface area contributed by atoms with Gasteiger partial charge in [-0.05, 0) is 24.1 Å². The number of benzene rings is 1. The first kappa shape index (κ1) is 10.5. The molecule has 5 heteroatoms. The molecule has 5 nitrogen and oxygen atoms in total. The van der Waals surface area contributed by atoms with Crippen LogP contribution in [0.1, 0.15) is 5.56 Å². The van der Waals surface area contributed by atoms with E-state index in [-0.39, 0.29) is 18.5 Å². The summed E-state index contributed by atoms with van der Waals surface area (Å²) >= 11 is 0. The van der Waals surface area contributed by atoms with Crippen LogP contribution in [-0.4, -0.2) is 29.9 Å². The fourth-order valence-electron chi connectivity index (χ4n) is 1.61. The highest BCUT2D eigenvalue weighted by Crippen LogP contribution is 2.08. The molecule has 3 amide bonds. The smallest absolute Gasteiger partial charge is 0.324 e. The van der Waals surface area contributed by atoms with Crippen LogP contribution in [0.3, 0.4) is 0 Å². The summed E-state index contributed by atoms with van der Waals surface area (Å²) in [6, 6.07) is 7.10. The zero-order chi connectivity index (χ0) is 11.5. The Morgan fingerprint density at radius 2 is 1.94 bits per heavy atom. The molecule has 0 aliphatic carbocycles. The van der Waals surface area contributed by atoms with Crippen LogP contribution in [0.2, 0.25) is 0 Å². The largest absolute Gasteiger partial charge is 0.399 e. The zero-order valence-electron chi connectivity index (χ0n) is 8.77. The van der Waals surface area contributed by atoms with Gasteiger partial charge >= 0.3 is 6.03 Å². The van der Waals surface area contributed by atoms with E-state index in [1.54, 1.807) is 12.1 Å². The van der Waals surface area contributed by atoms with Crippen LogP contribution in [-0.2, 0) is 11.2 Å². The molecule has 0 atom stereocenters. The predicted octanol–water partition coefficient (Wildman–Crippen LogP) is 0.363. The minimum Gasteiger partial charge on any atom is -0.399 e. The molecule has 1 aromatic rings. The van der Waals surface area contributed by atoms with E-state index in [4.69, 9.17) is 5.73 Å². The van der Waals surface area contributed by atoms with E-state index in [0.29, 0.717) is 18.7 Å². The molecule has 3 N–H and O–H groups in total. The third-order valence-corrected chi connectivity index (χ3v) is 2.54. The Morgan fingerprint density at radius 1 is 1.25 bits per heavy atom. The Labute approximate surface area is 93.2 Å². The van der Waals surface area contributed by atoms with E-state index in [9.17, 15) is 9.59 Å². The molecule has 1 fully saturated rings. The van der Waals surface area contributed by atoms with E-state index < -0.39 is 0 Å². The molecule has 0 bridgehead atoms. The molecule has 84 valence electrons. The molecule has 1 aliphatic heterocycles. The number of amides is 3. The summed E-state index contributed by atoms with van der Waals surface area (Å²) in [4.78, 5) is 23.7. The fourth-order valence-corrected chi connectivity index (χ4v) is 1.61. The van der Waals surface area contributed by atoms with Gasteiger partial charge in [0.05, 0.1) is 6.54 Å². The molecule has 16 heavy (non-hydrogen) atoms. The lowest BCUT2D eigenvalue weighted by molar-refractivity contribution is -0.124. The van der Waals surface area contributed by atoms with Crippen molar-refractivity contribution >= 4 is 17.6 Å². The third-order valence-electron chi connectivity index (χ3n) is 2.54. The topological polar surface area (TPSA) is 75.4 Å². The van der Waals surface area contributed by atoms with Gasteiger partial charge in [-0.3, -0.25) is 9.69 Å². The van der Waals surface area contributed by atoms with Crippen molar-refractivity contribution in [1.29, 1.82) is 0 Å². The highest BCUT2D eigenvalue weighted by atomic mass is 16.2. The molecule has 0 saturated carbocycles. The summed E-state index contributed by atoms with van der Waals surface area (Å²) in [6.45, 7) is 0.523. The SMILES string of the molecule is Nc1ccc(CCN2C(=O)CNC2=O)cc1. The number of hydrogen-bond donors (Lipinski definition) is 2. The molecule has 1 aliphatic rings. The maximum atomic E-state index is 11.3. The van der Waals surface area contributed by atoms with Crippen LogP contribution in [0.5, 0.6) is 0 Å². The maximum absolute atomic E-state index is 11.3. The van der Waals surface area contributed by atoms with Crippen LogP contribution in [0.4, 0.5) is 10.5 Å². The normalized spacial score (nSPS) is 15.4. The lowest BCUT2D eigenvalue weighted by Crippen LogP contribution is -2.32. The average Bonchev–Trinajstić information content (AvgIpc) is 2.59. The summed E-state index contributed by atoms with van der Waals surface area (Å²) in [5.41, 5.74) is 7.32. The lowest BCUT2D eigenvalue weighted by atomic mass is 10.1. The number of nitrogens with zero attached hydrogens (tertiary/aromatic N) is 1. The molecule has 1 heterocycles. The van der Waals surface area contributed by atoms with E-state index >= 15 is 0 Å². The third kappa shape index (κ3) is 2.13. The van der Waals surface area contributed by atoms with Gasteiger partial charge in [0.1, 0.15) is 0 Å². The Bertz CT molecular complexity index is 398. The molecule has 0 spiro atoms. The van der Waals surface area contributed by atoms with Crippen molar-refractivity contribution in [2.24, 2.45) is 0 Å². The van der Waals surface area contributed by atoms with E-state index in [1.807, 2.05) is 12.1 Å². The molecule has 0 radical (unpaired) electrons. The molecular weight excluding hydrogens is 206 g/mol. The number of rotatable bonds is 3. The number of carbonyl (C=O) groups excluding carboxylic acids is 2. The molecule has 2 rings (SSSR count). The minimum atomic E-state index is -0.305. The van der Waals surface area contributed by atoms with Gasteiger partial charge in [0, 0.05) is 12.2 Å². The molecule has 1 saturated heterocycles. The first-order valence-electron chi connectivity index (χ1n) is 5.09. The van der Waals surface area contributed by atoms with Crippen molar-refractivity contribution in [3.05, 3.63) is 29.8 Å². The lowest BCUT2D eigenvalue weighted by Gasteiger charge is -2.11. The number of imide groups is 1. The molecule has 1 aromatic carbocycles. The number of nitrogen functional groups attached to an aromatic ring is 1. The van der Waals surface area contributed by atoms with E-state index in [0.717, 1.165) is 5.56 Å². The summed E-state index contributed by atoms with van der Waals surface area (Å²) in [5, 5.41) is 2.48. The van der Waals surface area contributed by atoms with Crippen molar-refractivity contribution in [3.8, 4) is 0 Å². The van der Waals surface area contributed by atoms with Crippen molar-refractivity contribution in [2.75, 3.05) is 18.8 Å². The number of anilines is 1. The van der Waals surface area contributed by atoms with Crippen LogP contribution >= 0.6 is 0 Å². The highest BCUT2D eigenvalue weighted by molar-refractivity contribution is 6.01. The standard InChI is InChI=1S/C11H13N3O2/c12-9-3-1-8(2-4-9)5-6-14-10(15)7-13-11(14)16/h1-4H,5-7,12H2,(H,13,16). The number of nitrogens with two attached hydrogens (primary N) is 1. The predicted molar refractivity (Wildman–Crippen MR) is 59.7 cm³/mol. The Kier molecular flexibility index (Phi) is 2.76. The van der Waals surface area contributed by atoms with Crippen LogP contribution in [0.15, 0.2) is 24.3 Å². The first-order valence-corrected chi connectivity index (χ1v) is 5.09. The van der Waals surface area contributed by atoms with Gasteiger partial charge < -0.3 is 11.1 Å². The Balaban J connectivity index is 1.94. The van der Waals surface area contributed by atoms with Crippen LogP contribution in [0.25, 0.3) is 0 Å². The molecule has 0 aromatic heterocycles. The summed E-state index contributed by atoms with van der Waals surface area (Å²) in [7, 11) is 0. The quantitative estimate of drug-likeness (QED) is 0.569. The van der Waals surface area contributed by atoms with Gasteiger partial charge in [-0.15, -0.1) is 0 Å². The van der Waals surface area contributed by atoms with Gasteiger partial charge in [0.2, 0.25) is 5.91 Å². The monoisotopic (exact) mass is 219 g/mol. The first-order chi connectivity index (χ1) is 7.66. The van der Waals surface area contributed by atoms with Crippen molar-refractivity contribution in [3.63, 3.8) is 0 Å². The Morgan fingerprint density at radius 3 is 2.50 bits per heavy atom. The second kappa shape index (κ2) is 4.22. The summed E-state index contributed by atoms with van der Waals surface area (Å²) in [6.07, 6.45) is 0.652.